The van der Waals surface area contributed by atoms with Crippen molar-refractivity contribution in [2.45, 2.75) is 0 Å². The third kappa shape index (κ3) is 2.15. The number of aromatic nitrogens is 1. The Morgan fingerprint density at radius 2 is 2.17 bits per heavy atom. The lowest BCUT2D eigenvalue weighted by atomic mass is 10.0. The van der Waals surface area contributed by atoms with Crippen molar-refractivity contribution in [3.8, 4) is 16.9 Å². The van der Waals surface area contributed by atoms with Crippen LogP contribution >= 0.6 is 0 Å². The van der Waals surface area contributed by atoms with Crippen LogP contribution in [0.2, 0.25) is 0 Å². The van der Waals surface area contributed by atoms with E-state index in [0.717, 1.165) is 6.07 Å². The molecule has 5 heteroatoms. The van der Waals surface area contributed by atoms with Gasteiger partial charge >= 0.3 is 5.97 Å². The maximum absolute atomic E-state index is 13.5. The zero-order valence-corrected chi connectivity index (χ0v) is 9.55. The molecule has 0 aliphatic heterocycles. The van der Waals surface area contributed by atoms with Gasteiger partial charge in [0.15, 0.2) is 0 Å². The van der Waals surface area contributed by atoms with Gasteiger partial charge in [0.25, 0.3) is 0 Å². The molecule has 1 heterocycles. The van der Waals surface area contributed by atoms with Crippen LogP contribution in [-0.4, -0.2) is 23.2 Å². The van der Waals surface area contributed by atoms with Gasteiger partial charge in [0.1, 0.15) is 17.1 Å². The minimum absolute atomic E-state index is 0.272. The average molecular weight is 247 g/mol. The van der Waals surface area contributed by atoms with E-state index in [2.05, 4.69) is 4.98 Å². The number of ether oxygens (including phenoxy) is 1. The number of methoxy groups -OCH3 is 1. The molecule has 0 spiro atoms. The van der Waals surface area contributed by atoms with E-state index < -0.39 is 11.8 Å². The number of pyridine rings is 1. The van der Waals surface area contributed by atoms with Gasteiger partial charge < -0.3 is 9.84 Å². The summed E-state index contributed by atoms with van der Waals surface area (Å²) in [4.78, 5) is 15.0. The van der Waals surface area contributed by atoms with E-state index in [1.165, 1.54) is 31.6 Å². The number of aromatic carboxylic acids is 1. The minimum atomic E-state index is -1.31. The molecule has 0 aliphatic rings. The fraction of sp³-hybridized carbons (Fsp3) is 0.0769. The van der Waals surface area contributed by atoms with Gasteiger partial charge in [-0.05, 0) is 12.1 Å². The molecule has 0 radical (unpaired) electrons. The summed E-state index contributed by atoms with van der Waals surface area (Å²) in [6.45, 7) is 0. The Labute approximate surface area is 103 Å². The van der Waals surface area contributed by atoms with Crippen LogP contribution in [-0.2, 0) is 0 Å². The molecule has 4 nitrogen and oxygen atoms in total. The van der Waals surface area contributed by atoms with Crippen molar-refractivity contribution < 1.29 is 19.0 Å². The van der Waals surface area contributed by atoms with Crippen LogP contribution < -0.4 is 4.74 Å². The number of carbonyl (C=O) groups is 1. The largest absolute Gasteiger partial charge is 0.495 e. The molecule has 0 atom stereocenters. The molecule has 0 amide bonds. The van der Waals surface area contributed by atoms with Crippen molar-refractivity contribution in [3.63, 3.8) is 0 Å². The van der Waals surface area contributed by atoms with Crippen molar-refractivity contribution >= 4 is 5.97 Å². The summed E-state index contributed by atoms with van der Waals surface area (Å²) < 4.78 is 18.5. The Hall–Kier alpha value is -2.43. The van der Waals surface area contributed by atoms with Gasteiger partial charge in [0, 0.05) is 17.3 Å². The van der Waals surface area contributed by atoms with E-state index in [1.807, 2.05) is 0 Å². The molecular formula is C13H10FNO3. The third-order valence-corrected chi connectivity index (χ3v) is 2.49. The first-order chi connectivity index (χ1) is 8.63. The number of hydrogen-bond acceptors (Lipinski definition) is 3. The quantitative estimate of drug-likeness (QED) is 0.905. The predicted molar refractivity (Wildman–Crippen MR) is 63.1 cm³/mol. The van der Waals surface area contributed by atoms with E-state index >= 15 is 0 Å². The van der Waals surface area contributed by atoms with Crippen molar-refractivity contribution in [3.05, 3.63) is 48.0 Å². The van der Waals surface area contributed by atoms with E-state index in [0.29, 0.717) is 11.3 Å². The highest BCUT2D eigenvalue weighted by Gasteiger charge is 2.17. The second-order valence-corrected chi connectivity index (χ2v) is 3.58. The Morgan fingerprint density at radius 3 is 2.83 bits per heavy atom. The lowest BCUT2D eigenvalue weighted by molar-refractivity contribution is 0.0693. The molecule has 0 unspecified atom stereocenters. The molecule has 2 rings (SSSR count). The summed E-state index contributed by atoms with van der Waals surface area (Å²) >= 11 is 0. The number of carboxylic acid groups (broad SMARTS) is 1. The van der Waals surface area contributed by atoms with E-state index in [9.17, 15) is 9.18 Å². The lowest BCUT2D eigenvalue weighted by Crippen LogP contribution is -2.03. The van der Waals surface area contributed by atoms with Crippen molar-refractivity contribution in [1.29, 1.82) is 0 Å². The second kappa shape index (κ2) is 4.83. The standard InChI is InChI=1S/C13H10FNO3/c1-18-9-5-8(6-15-7-9)10-3-2-4-11(14)12(10)13(16)17/h2-7H,1H3,(H,16,17). The molecule has 92 valence electrons. The summed E-state index contributed by atoms with van der Waals surface area (Å²) in [6, 6.07) is 5.70. The van der Waals surface area contributed by atoms with Crippen LogP contribution in [0.25, 0.3) is 11.1 Å². The van der Waals surface area contributed by atoms with Gasteiger partial charge in [-0.25, -0.2) is 9.18 Å². The van der Waals surface area contributed by atoms with Crippen LogP contribution in [0.5, 0.6) is 5.75 Å². The third-order valence-electron chi connectivity index (χ3n) is 2.49. The highest BCUT2D eigenvalue weighted by atomic mass is 19.1. The Balaban J connectivity index is 2.63. The average Bonchev–Trinajstić information content (AvgIpc) is 2.38. The smallest absolute Gasteiger partial charge is 0.339 e. The van der Waals surface area contributed by atoms with Gasteiger partial charge in [0.2, 0.25) is 0 Å². The van der Waals surface area contributed by atoms with Crippen LogP contribution in [0.3, 0.4) is 0 Å². The van der Waals surface area contributed by atoms with Gasteiger partial charge in [-0.3, -0.25) is 4.98 Å². The molecule has 18 heavy (non-hydrogen) atoms. The van der Waals surface area contributed by atoms with E-state index in [1.54, 1.807) is 6.07 Å². The van der Waals surface area contributed by atoms with Gasteiger partial charge in [-0.2, -0.15) is 0 Å². The summed E-state index contributed by atoms with van der Waals surface area (Å²) in [7, 11) is 1.48. The van der Waals surface area contributed by atoms with E-state index in [4.69, 9.17) is 9.84 Å². The summed E-state index contributed by atoms with van der Waals surface area (Å²) in [5, 5.41) is 9.04. The first kappa shape index (κ1) is 12.0. The minimum Gasteiger partial charge on any atom is -0.495 e. The maximum Gasteiger partial charge on any atom is 0.339 e. The van der Waals surface area contributed by atoms with Gasteiger partial charge in [-0.15, -0.1) is 0 Å². The molecule has 1 aromatic carbocycles. The zero-order chi connectivity index (χ0) is 13.1. The topological polar surface area (TPSA) is 59.4 Å². The second-order valence-electron chi connectivity index (χ2n) is 3.58. The Morgan fingerprint density at radius 1 is 1.39 bits per heavy atom. The van der Waals surface area contributed by atoms with Gasteiger partial charge in [-0.1, -0.05) is 12.1 Å². The van der Waals surface area contributed by atoms with Crippen molar-refractivity contribution in [2.24, 2.45) is 0 Å². The lowest BCUT2D eigenvalue weighted by Gasteiger charge is -2.08. The van der Waals surface area contributed by atoms with Crippen molar-refractivity contribution in [1.82, 2.24) is 4.98 Å². The highest BCUT2D eigenvalue weighted by molar-refractivity contribution is 5.96. The van der Waals surface area contributed by atoms with Crippen LogP contribution in [0.4, 0.5) is 4.39 Å². The summed E-state index contributed by atoms with van der Waals surface area (Å²) in [5.41, 5.74) is 0.396. The fourth-order valence-corrected chi connectivity index (χ4v) is 1.66. The molecule has 0 saturated carbocycles. The molecular weight excluding hydrogens is 237 g/mol. The number of hydrogen-bond donors (Lipinski definition) is 1. The Kier molecular flexibility index (Phi) is 3.23. The van der Waals surface area contributed by atoms with Crippen LogP contribution in [0.1, 0.15) is 10.4 Å². The summed E-state index contributed by atoms with van der Waals surface area (Å²) in [5.74, 6) is -1.61. The number of halogens is 1. The fourth-order valence-electron chi connectivity index (χ4n) is 1.66. The molecule has 0 saturated heterocycles. The molecule has 1 N–H and O–H groups in total. The SMILES string of the molecule is COc1cncc(-c2cccc(F)c2C(=O)O)c1. The van der Waals surface area contributed by atoms with Crippen molar-refractivity contribution in [2.75, 3.05) is 7.11 Å². The molecule has 0 bridgehead atoms. The molecule has 2 aromatic rings. The monoisotopic (exact) mass is 247 g/mol. The highest BCUT2D eigenvalue weighted by Crippen LogP contribution is 2.27. The molecule has 0 aliphatic carbocycles. The first-order valence-electron chi connectivity index (χ1n) is 5.14. The molecule has 1 aromatic heterocycles. The number of benzene rings is 1. The van der Waals surface area contributed by atoms with Crippen LogP contribution in [0.15, 0.2) is 36.7 Å². The number of nitrogens with zero attached hydrogens (tertiary/aromatic N) is 1. The normalized spacial score (nSPS) is 10.1. The maximum atomic E-state index is 13.5. The van der Waals surface area contributed by atoms with Crippen LogP contribution in [0, 0.1) is 5.82 Å². The predicted octanol–water partition coefficient (Wildman–Crippen LogP) is 2.59. The van der Waals surface area contributed by atoms with Gasteiger partial charge in [0.05, 0.1) is 13.3 Å². The number of rotatable bonds is 3. The van der Waals surface area contributed by atoms with E-state index in [-0.39, 0.29) is 11.1 Å². The summed E-state index contributed by atoms with van der Waals surface area (Å²) in [6.07, 6.45) is 2.95. The first-order valence-corrected chi connectivity index (χ1v) is 5.14. The molecule has 0 fully saturated rings. The Bertz CT molecular complexity index is 599. The number of carboxylic acids is 1. The zero-order valence-electron chi connectivity index (χ0n) is 9.55.